The summed E-state index contributed by atoms with van der Waals surface area (Å²) in [5.41, 5.74) is 0.813. The van der Waals surface area contributed by atoms with E-state index in [2.05, 4.69) is 20.6 Å². The van der Waals surface area contributed by atoms with E-state index in [9.17, 15) is 4.79 Å². The van der Waals surface area contributed by atoms with Crippen molar-refractivity contribution < 1.29 is 14.3 Å². The van der Waals surface area contributed by atoms with E-state index < -0.39 is 6.04 Å². The summed E-state index contributed by atoms with van der Waals surface area (Å²) in [6.45, 7) is 1.72. The summed E-state index contributed by atoms with van der Waals surface area (Å²) in [4.78, 5) is 12.3. The second-order valence-corrected chi connectivity index (χ2v) is 6.70. The average Bonchev–Trinajstić information content (AvgIpc) is 3.29. The van der Waals surface area contributed by atoms with Gasteiger partial charge in [0, 0.05) is 11.8 Å². The van der Waals surface area contributed by atoms with Crippen LogP contribution in [0, 0.1) is 0 Å². The summed E-state index contributed by atoms with van der Waals surface area (Å²) in [6.07, 6.45) is 3.06. The highest BCUT2D eigenvalue weighted by Crippen LogP contribution is 2.34. The van der Waals surface area contributed by atoms with Gasteiger partial charge in [-0.2, -0.15) is 5.10 Å². The Hall–Kier alpha value is -2.65. The topological polar surface area (TPSA) is 91.2 Å². The lowest BCUT2D eigenvalue weighted by molar-refractivity contribution is -0.119. The first-order valence-corrected chi connectivity index (χ1v) is 8.77. The van der Waals surface area contributed by atoms with E-state index in [1.54, 1.807) is 39.5 Å². The number of methoxy groups -OCH3 is 2. The predicted molar refractivity (Wildman–Crippen MR) is 99.0 cm³/mol. The molecule has 2 heterocycles. The lowest BCUT2D eigenvalue weighted by Crippen LogP contribution is -2.23. The van der Waals surface area contributed by atoms with Crippen LogP contribution in [0.3, 0.4) is 0 Å². The van der Waals surface area contributed by atoms with Crippen molar-refractivity contribution in [3.8, 4) is 22.1 Å². The molecule has 0 radical (unpaired) electrons. The van der Waals surface area contributed by atoms with Crippen molar-refractivity contribution in [2.75, 3.05) is 19.5 Å². The van der Waals surface area contributed by atoms with Crippen LogP contribution in [-0.2, 0) is 4.79 Å². The lowest BCUT2D eigenvalue weighted by Gasteiger charge is -2.10. The van der Waals surface area contributed by atoms with Crippen LogP contribution in [0.1, 0.15) is 13.0 Å². The van der Waals surface area contributed by atoms with Gasteiger partial charge in [-0.05, 0) is 25.1 Å². The van der Waals surface area contributed by atoms with Gasteiger partial charge in [-0.15, -0.1) is 10.2 Å². The van der Waals surface area contributed by atoms with Gasteiger partial charge in [0.25, 0.3) is 5.91 Å². The van der Waals surface area contributed by atoms with Gasteiger partial charge in [0.1, 0.15) is 11.0 Å². The van der Waals surface area contributed by atoms with Crippen molar-refractivity contribution in [2.45, 2.75) is 13.0 Å². The van der Waals surface area contributed by atoms with Gasteiger partial charge in [-0.3, -0.25) is 14.8 Å². The number of nitrogens with one attached hydrogen (secondary N) is 1. The van der Waals surface area contributed by atoms with E-state index >= 15 is 0 Å². The Morgan fingerprint density at radius 3 is 2.69 bits per heavy atom. The fourth-order valence-corrected chi connectivity index (χ4v) is 3.10. The third kappa shape index (κ3) is 3.78. The molecule has 26 heavy (non-hydrogen) atoms. The van der Waals surface area contributed by atoms with Crippen molar-refractivity contribution in [3.05, 3.63) is 35.6 Å². The Bertz CT molecular complexity index is 926. The molecule has 3 aromatic rings. The van der Waals surface area contributed by atoms with Crippen LogP contribution in [0.4, 0.5) is 5.13 Å². The minimum atomic E-state index is -0.532. The number of carbonyl (C=O) groups excluding carboxylic acids is 1. The Morgan fingerprint density at radius 1 is 1.27 bits per heavy atom. The van der Waals surface area contributed by atoms with Crippen LogP contribution in [0.5, 0.6) is 11.5 Å². The van der Waals surface area contributed by atoms with Gasteiger partial charge in [0.2, 0.25) is 5.13 Å². The number of benzene rings is 1. The molecule has 8 nitrogen and oxygen atoms in total. The van der Waals surface area contributed by atoms with Crippen molar-refractivity contribution in [1.82, 2.24) is 20.0 Å². The van der Waals surface area contributed by atoms with Crippen LogP contribution >= 0.6 is 22.9 Å². The number of halogens is 1. The van der Waals surface area contributed by atoms with E-state index in [1.807, 2.05) is 6.07 Å². The molecule has 1 atom stereocenters. The first kappa shape index (κ1) is 18.2. The Kier molecular flexibility index (Phi) is 5.38. The summed E-state index contributed by atoms with van der Waals surface area (Å²) >= 11 is 7.09. The predicted octanol–water partition coefficient (Wildman–Crippen LogP) is 3.27. The fraction of sp³-hybridized carbons (Fsp3) is 0.250. The van der Waals surface area contributed by atoms with Gasteiger partial charge in [-0.25, -0.2) is 0 Å². The quantitative estimate of drug-likeness (QED) is 0.691. The van der Waals surface area contributed by atoms with E-state index in [0.29, 0.717) is 26.7 Å². The average molecular weight is 394 g/mol. The fourth-order valence-electron chi connectivity index (χ4n) is 2.22. The molecule has 136 valence electrons. The zero-order valence-corrected chi connectivity index (χ0v) is 15.8. The molecular weight excluding hydrogens is 378 g/mol. The zero-order chi connectivity index (χ0) is 18.7. The lowest BCUT2D eigenvalue weighted by atomic mass is 10.2. The third-order valence-electron chi connectivity index (χ3n) is 3.63. The smallest absolute Gasteiger partial charge is 0.250 e. The number of hydrogen-bond acceptors (Lipinski definition) is 7. The van der Waals surface area contributed by atoms with Crippen molar-refractivity contribution in [3.63, 3.8) is 0 Å². The SMILES string of the molecule is COc1ccc(-c2nnc(NC(=O)C(C)n3cc(Cl)cn3)s2)cc1OC. The molecule has 0 aliphatic rings. The van der Waals surface area contributed by atoms with Crippen molar-refractivity contribution in [2.24, 2.45) is 0 Å². The molecule has 0 aliphatic heterocycles. The maximum Gasteiger partial charge on any atom is 0.250 e. The maximum atomic E-state index is 12.3. The third-order valence-corrected chi connectivity index (χ3v) is 4.71. The van der Waals surface area contributed by atoms with Crippen LogP contribution in [0.15, 0.2) is 30.6 Å². The zero-order valence-electron chi connectivity index (χ0n) is 14.3. The Labute approximate surface area is 158 Å². The molecule has 1 N–H and O–H groups in total. The minimum absolute atomic E-state index is 0.264. The molecular formula is C16H16ClN5O3S. The Balaban J connectivity index is 1.74. The summed E-state index contributed by atoms with van der Waals surface area (Å²) in [7, 11) is 3.14. The number of aromatic nitrogens is 4. The van der Waals surface area contributed by atoms with E-state index in [1.165, 1.54) is 22.2 Å². The molecule has 1 aromatic carbocycles. The van der Waals surface area contributed by atoms with Crippen LogP contribution in [-0.4, -0.2) is 40.1 Å². The van der Waals surface area contributed by atoms with Crippen LogP contribution in [0.25, 0.3) is 10.6 Å². The van der Waals surface area contributed by atoms with Gasteiger partial charge in [-0.1, -0.05) is 22.9 Å². The highest BCUT2D eigenvalue weighted by molar-refractivity contribution is 7.18. The maximum absolute atomic E-state index is 12.3. The number of carbonyl (C=O) groups is 1. The Morgan fingerprint density at radius 2 is 2.04 bits per heavy atom. The molecule has 0 aliphatic carbocycles. The number of amides is 1. The first-order valence-electron chi connectivity index (χ1n) is 7.58. The first-order chi connectivity index (χ1) is 12.5. The molecule has 2 aromatic heterocycles. The molecule has 3 rings (SSSR count). The summed E-state index contributed by atoms with van der Waals surface area (Å²) in [6, 6.07) is 4.91. The molecule has 1 unspecified atom stereocenters. The number of anilines is 1. The summed E-state index contributed by atoms with van der Waals surface area (Å²) in [5.74, 6) is 0.954. The molecule has 1 amide bonds. The van der Waals surface area contributed by atoms with E-state index in [-0.39, 0.29) is 5.91 Å². The van der Waals surface area contributed by atoms with Crippen molar-refractivity contribution >= 4 is 34.0 Å². The van der Waals surface area contributed by atoms with Gasteiger partial charge in [0.15, 0.2) is 11.5 Å². The van der Waals surface area contributed by atoms with E-state index in [4.69, 9.17) is 21.1 Å². The number of hydrogen-bond donors (Lipinski definition) is 1. The molecule has 0 fully saturated rings. The summed E-state index contributed by atoms with van der Waals surface area (Å²) in [5, 5.41) is 16.4. The largest absolute Gasteiger partial charge is 0.493 e. The second kappa shape index (κ2) is 7.71. The van der Waals surface area contributed by atoms with Crippen LogP contribution < -0.4 is 14.8 Å². The molecule has 0 spiro atoms. The van der Waals surface area contributed by atoms with Gasteiger partial charge < -0.3 is 9.47 Å². The number of nitrogens with zero attached hydrogens (tertiary/aromatic N) is 4. The molecule has 10 heteroatoms. The van der Waals surface area contributed by atoms with E-state index in [0.717, 1.165) is 5.56 Å². The monoisotopic (exact) mass is 393 g/mol. The second-order valence-electron chi connectivity index (χ2n) is 5.29. The van der Waals surface area contributed by atoms with Gasteiger partial charge in [0.05, 0.1) is 25.4 Å². The van der Waals surface area contributed by atoms with Crippen molar-refractivity contribution in [1.29, 1.82) is 0 Å². The minimum Gasteiger partial charge on any atom is -0.493 e. The van der Waals surface area contributed by atoms with Gasteiger partial charge >= 0.3 is 0 Å². The standard InChI is InChI=1S/C16H16ClN5O3S/c1-9(22-8-11(17)7-18-22)14(23)19-16-21-20-15(26-16)10-4-5-12(24-2)13(6-10)25-3/h4-9H,1-3H3,(H,19,21,23). The highest BCUT2D eigenvalue weighted by atomic mass is 35.5. The number of ether oxygens (including phenoxy) is 2. The number of rotatable bonds is 6. The molecule has 0 saturated carbocycles. The molecule has 0 bridgehead atoms. The molecule has 0 saturated heterocycles. The normalized spacial score (nSPS) is 11.8. The van der Waals surface area contributed by atoms with Crippen LogP contribution in [0.2, 0.25) is 5.02 Å². The highest BCUT2D eigenvalue weighted by Gasteiger charge is 2.18. The summed E-state index contributed by atoms with van der Waals surface area (Å²) < 4.78 is 12.0.